The molecule has 4 heterocycles. The molecule has 0 bridgehead atoms. The van der Waals surface area contributed by atoms with Gasteiger partial charge in [-0.15, -0.1) is 11.3 Å². The van der Waals surface area contributed by atoms with Gasteiger partial charge < -0.3 is 14.4 Å². The van der Waals surface area contributed by atoms with Crippen LogP contribution in [-0.4, -0.2) is 57.9 Å². The molecule has 0 spiro atoms. The number of benzene rings is 2. The summed E-state index contributed by atoms with van der Waals surface area (Å²) in [6, 6.07) is 12.3. The van der Waals surface area contributed by atoms with Gasteiger partial charge in [0.1, 0.15) is 28.0 Å². The fraction of sp³-hybridized carbons (Fsp3) is 0.258. The fourth-order valence-electron chi connectivity index (χ4n) is 5.07. The van der Waals surface area contributed by atoms with Crippen LogP contribution < -0.4 is 16.0 Å². The van der Waals surface area contributed by atoms with Crippen molar-refractivity contribution < 1.29 is 23.2 Å². The third kappa shape index (κ3) is 5.87. The van der Waals surface area contributed by atoms with E-state index in [0.29, 0.717) is 41.6 Å². The zero-order chi connectivity index (χ0) is 31.8. The first kappa shape index (κ1) is 30.2. The van der Waals surface area contributed by atoms with Crippen LogP contribution in [0.4, 0.5) is 14.5 Å². The number of thiophene rings is 1. The number of non-ortho nitro benzene ring substituents is 1. The van der Waals surface area contributed by atoms with Gasteiger partial charge in [0, 0.05) is 35.0 Å². The first-order chi connectivity index (χ1) is 21.6. The van der Waals surface area contributed by atoms with Gasteiger partial charge in [0.15, 0.2) is 0 Å². The summed E-state index contributed by atoms with van der Waals surface area (Å²) >= 11 is 1.10. The van der Waals surface area contributed by atoms with Crippen molar-refractivity contribution in [2.45, 2.75) is 13.1 Å². The predicted molar refractivity (Wildman–Crippen MR) is 164 cm³/mol. The third-order valence-electron chi connectivity index (χ3n) is 7.41. The Bertz CT molecular complexity index is 2000. The number of nitrogens with zero attached hydrogens (tertiary/aromatic N) is 5. The maximum atomic E-state index is 14.9. The van der Waals surface area contributed by atoms with Crippen molar-refractivity contribution in [3.8, 4) is 22.0 Å². The fourth-order valence-corrected chi connectivity index (χ4v) is 6.37. The highest BCUT2D eigenvalue weighted by Gasteiger charge is 2.26. The molecule has 1 aliphatic heterocycles. The average Bonchev–Trinajstić information content (AvgIpc) is 3.35. The Morgan fingerprint density at radius 3 is 2.36 bits per heavy atom. The molecular formula is C31H27F2N5O6S. The normalized spacial score (nSPS) is 13.4. The lowest BCUT2D eigenvalue weighted by Crippen LogP contribution is -2.39. The van der Waals surface area contributed by atoms with Gasteiger partial charge in [-0.2, -0.15) is 0 Å². The minimum atomic E-state index is -0.843. The van der Waals surface area contributed by atoms with Gasteiger partial charge in [0.2, 0.25) is 0 Å². The highest BCUT2D eigenvalue weighted by atomic mass is 32.1. The molecule has 232 valence electrons. The quantitative estimate of drug-likeness (QED) is 0.161. The third-order valence-corrected chi connectivity index (χ3v) is 8.71. The summed E-state index contributed by atoms with van der Waals surface area (Å²) in [5, 5.41) is 11.4. The van der Waals surface area contributed by atoms with Crippen LogP contribution in [0.5, 0.6) is 5.75 Å². The SMILES string of the molecule is CN(C)Cc1c(-c2ccc([N+](=O)[O-])cc2)sc2c1c(=O)n(-c1ccc(OCC3COC3)cn1)c(=O)n2Cc1c(F)cccc1F. The van der Waals surface area contributed by atoms with E-state index in [1.54, 1.807) is 18.2 Å². The number of rotatable bonds is 10. The van der Waals surface area contributed by atoms with Crippen LogP contribution in [-0.2, 0) is 17.8 Å². The minimum absolute atomic E-state index is 0.00729. The number of aromatic nitrogens is 3. The molecule has 2 aromatic carbocycles. The van der Waals surface area contributed by atoms with Gasteiger partial charge in [-0.05, 0) is 61.6 Å². The molecule has 45 heavy (non-hydrogen) atoms. The Balaban J connectivity index is 1.57. The first-order valence-electron chi connectivity index (χ1n) is 13.9. The van der Waals surface area contributed by atoms with Gasteiger partial charge in [0.05, 0.1) is 42.9 Å². The Kier molecular flexibility index (Phi) is 8.27. The van der Waals surface area contributed by atoms with Crippen molar-refractivity contribution in [3.05, 3.63) is 115 Å². The van der Waals surface area contributed by atoms with Gasteiger partial charge in [0.25, 0.3) is 11.2 Å². The summed E-state index contributed by atoms with van der Waals surface area (Å²) in [4.78, 5) is 46.1. The number of fused-ring (bicyclic) bond motifs is 1. The van der Waals surface area contributed by atoms with E-state index >= 15 is 0 Å². The number of nitro groups is 1. The molecule has 3 aromatic heterocycles. The molecular weight excluding hydrogens is 608 g/mol. The molecule has 0 radical (unpaired) electrons. The zero-order valence-corrected chi connectivity index (χ0v) is 25.1. The van der Waals surface area contributed by atoms with E-state index in [-0.39, 0.29) is 39.7 Å². The summed E-state index contributed by atoms with van der Waals surface area (Å²) < 4.78 is 42.7. The maximum absolute atomic E-state index is 14.9. The molecule has 11 nitrogen and oxygen atoms in total. The molecule has 0 unspecified atom stereocenters. The number of pyridine rings is 1. The van der Waals surface area contributed by atoms with Gasteiger partial charge in [-0.1, -0.05) is 6.07 Å². The van der Waals surface area contributed by atoms with Crippen molar-refractivity contribution in [1.82, 2.24) is 19.0 Å². The second-order valence-corrected chi connectivity index (χ2v) is 11.9. The molecule has 1 fully saturated rings. The Hall–Kier alpha value is -4.79. The van der Waals surface area contributed by atoms with Gasteiger partial charge in [-0.3, -0.25) is 19.5 Å². The number of nitro benzene ring substituents is 1. The highest BCUT2D eigenvalue weighted by Crippen LogP contribution is 2.38. The number of hydrogen-bond donors (Lipinski definition) is 0. The van der Waals surface area contributed by atoms with Gasteiger partial charge in [-0.25, -0.2) is 23.1 Å². The second-order valence-electron chi connectivity index (χ2n) is 10.9. The van der Waals surface area contributed by atoms with Crippen molar-refractivity contribution in [2.24, 2.45) is 5.92 Å². The molecule has 1 saturated heterocycles. The van der Waals surface area contributed by atoms with E-state index in [9.17, 15) is 28.5 Å². The molecule has 1 aliphatic rings. The van der Waals surface area contributed by atoms with Gasteiger partial charge >= 0.3 is 5.69 Å². The molecule has 0 aliphatic carbocycles. The average molecular weight is 636 g/mol. The van der Waals surface area contributed by atoms with Crippen LogP contribution in [0.1, 0.15) is 11.1 Å². The summed E-state index contributed by atoms with van der Waals surface area (Å²) in [6.45, 7) is 1.42. The topological polar surface area (TPSA) is 122 Å². The second kappa shape index (κ2) is 12.3. The largest absolute Gasteiger partial charge is 0.492 e. The van der Waals surface area contributed by atoms with Crippen molar-refractivity contribution in [2.75, 3.05) is 33.9 Å². The van der Waals surface area contributed by atoms with Crippen LogP contribution in [0.15, 0.2) is 70.4 Å². The zero-order valence-electron chi connectivity index (χ0n) is 24.2. The molecule has 14 heteroatoms. The van der Waals surface area contributed by atoms with E-state index in [1.165, 1.54) is 35.0 Å². The molecule has 0 amide bonds. The first-order valence-corrected chi connectivity index (χ1v) is 14.7. The molecule has 6 rings (SSSR count). The monoisotopic (exact) mass is 635 g/mol. The van der Waals surface area contributed by atoms with E-state index < -0.39 is 34.4 Å². The molecule has 0 atom stereocenters. The minimum Gasteiger partial charge on any atom is -0.492 e. The van der Waals surface area contributed by atoms with Crippen molar-refractivity contribution in [1.29, 1.82) is 0 Å². The van der Waals surface area contributed by atoms with Crippen LogP contribution in [0.3, 0.4) is 0 Å². The van der Waals surface area contributed by atoms with Crippen LogP contribution >= 0.6 is 11.3 Å². The molecule has 0 N–H and O–H groups in total. The Morgan fingerprint density at radius 2 is 1.78 bits per heavy atom. The van der Waals surface area contributed by atoms with E-state index in [4.69, 9.17) is 9.47 Å². The lowest BCUT2D eigenvalue weighted by molar-refractivity contribution is -0.384. The number of ether oxygens (including phenoxy) is 2. The molecule has 0 saturated carbocycles. The van der Waals surface area contributed by atoms with E-state index in [1.807, 2.05) is 19.0 Å². The lowest BCUT2D eigenvalue weighted by atomic mass is 10.1. The number of hydrogen-bond acceptors (Lipinski definition) is 9. The van der Waals surface area contributed by atoms with Crippen LogP contribution in [0, 0.1) is 27.7 Å². The predicted octanol–water partition coefficient (Wildman–Crippen LogP) is 4.60. The van der Waals surface area contributed by atoms with Crippen molar-refractivity contribution in [3.63, 3.8) is 0 Å². The Morgan fingerprint density at radius 1 is 1.07 bits per heavy atom. The standard InChI is InChI=1S/C31H27F2N5O6S/c1-35(2)13-23-27-29(39)37(26-11-10-21(12-34-26)44-17-18-15-43-16-18)31(40)36(14-22-24(32)4-3-5-25(22)33)30(27)45-28(23)19-6-8-20(9-7-19)38(41)42/h3-12,18H,13-17H2,1-2H3. The van der Waals surface area contributed by atoms with E-state index in [2.05, 4.69) is 4.98 Å². The lowest BCUT2D eigenvalue weighted by Gasteiger charge is -2.25. The van der Waals surface area contributed by atoms with E-state index in [0.717, 1.165) is 28.0 Å². The summed E-state index contributed by atoms with van der Waals surface area (Å²) in [5.41, 5.74) is -0.814. The summed E-state index contributed by atoms with van der Waals surface area (Å²) in [7, 11) is 3.62. The molecule has 5 aromatic rings. The summed E-state index contributed by atoms with van der Waals surface area (Å²) in [5.74, 6) is -0.958. The van der Waals surface area contributed by atoms with Crippen LogP contribution in [0.2, 0.25) is 0 Å². The van der Waals surface area contributed by atoms with Crippen LogP contribution in [0.25, 0.3) is 26.5 Å². The highest BCUT2D eigenvalue weighted by molar-refractivity contribution is 7.22. The number of halogens is 2. The Labute approximate surface area is 258 Å². The van der Waals surface area contributed by atoms with Crippen molar-refractivity contribution >= 4 is 27.2 Å². The maximum Gasteiger partial charge on any atom is 0.338 e. The summed E-state index contributed by atoms with van der Waals surface area (Å²) in [6.07, 6.45) is 1.41. The smallest absolute Gasteiger partial charge is 0.338 e.